The molecular weight excluding hydrogens is 382 g/mol. The van der Waals surface area contributed by atoms with E-state index >= 15 is 0 Å². The zero-order chi connectivity index (χ0) is 20.9. The molecule has 1 aliphatic rings. The second kappa shape index (κ2) is 8.98. The number of fused-ring (bicyclic) bond motifs is 1. The second-order valence-corrected chi connectivity index (χ2v) is 7.26. The number of ether oxygens (including phenoxy) is 3. The van der Waals surface area contributed by atoms with Crippen molar-refractivity contribution < 1.29 is 19.0 Å². The van der Waals surface area contributed by atoms with E-state index in [1.165, 1.54) is 0 Å². The molecule has 0 bridgehead atoms. The van der Waals surface area contributed by atoms with Gasteiger partial charge in [-0.3, -0.25) is 4.79 Å². The average Bonchev–Trinajstić information content (AvgIpc) is 2.79. The molecule has 7 nitrogen and oxygen atoms in total. The lowest BCUT2D eigenvalue weighted by Crippen LogP contribution is -2.42. The van der Waals surface area contributed by atoms with Crippen LogP contribution < -0.4 is 14.2 Å². The van der Waals surface area contributed by atoms with E-state index < -0.39 is 0 Å². The van der Waals surface area contributed by atoms with Crippen molar-refractivity contribution in [1.82, 2.24) is 14.9 Å². The fraction of sp³-hybridized carbons (Fsp3) is 0.348. The Kier molecular flexibility index (Phi) is 5.97. The molecule has 0 saturated carbocycles. The van der Waals surface area contributed by atoms with E-state index in [-0.39, 0.29) is 12.0 Å². The van der Waals surface area contributed by atoms with E-state index in [4.69, 9.17) is 14.2 Å². The van der Waals surface area contributed by atoms with Gasteiger partial charge in [0, 0.05) is 25.9 Å². The van der Waals surface area contributed by atoms with Gasteiger partial charge in [0.15, 0.2) is 11.5 Å². The van der Waals surface area contributed by atoms with Crippen molar-refractivity contribution >= 4 is 16.9 Å². The Morgan fingerprint density at radius 1 is 1.03 bits per heavy atom. The van der Waals surface area contributed by atoms with E-state index in [2.05, 4.69) is 9.97 Å². The zero-order valence-corrected chi connectivity index (χ0v) is 17.2. The highest BCUT2D eigenvalue weighted by Crippen LogP contribution is 2.28. The summed E-state index contributed by atoms with van der Waals surface area (Å²) < 4.78 is 16.6. The summed E-state index contributed by atoms with van der Waals surface area (Å²) in [4.78, 5) is 23.5. The molecular formula is C23H25N3O4. The largest absolute Gasteiger partial charge is 0.493 e. The van der Waals surface area contributed by atoms with Crippen LogP contribution in [-0.2, 0) is 11.2 Å². The molecule has 0 spiro atoms. The molecule has 0 N–H and O–H groups in total. The minimum Gasteiger partial charge on any atom is -0.493 e. The normalized spacial score (nSPS) is 14.5. The smallest absolute Gasteiger partial charge is 0.233 e. The van der Waals surface area contributed by atoms with Crippen LogP contribution in [0.2, 0.25) is 0 Å². The first-order chi connectivity index (χ1) is 14.7. The number of para-hydroxylation sites is 2. The number of piperidine rings is 1. The molecule has 1 saturated heterocycles. The molecule has 7 heteroatoms. The van der Waals surface area contributed by atoms with Gasteiger partial charge in [-0.05, 0) is 29.8 Å². The second-order valence-electron chi connectivity index (χ2n) is 7.26. The van der Waals surface area contributed by atoms with E-state index in [9.17, 15) is 4.79 Å². The molecule has 0 atom stereocenters. The molecule has 30 heavy (non-hydrogen) atoms. The highest BCUT2D eigenvalue weighted by molar-refractivity contribution is 5.79. The minimum absolute atomic E-state index is 0.0330. The number of rotatable bonds is 6. The average molecular weight is 407 g/mol. The van der Waals surface area contributed by atoms with E-state index in [1.54, 1.807) is 20.4 Å². The third kappa shape index (κ3) is 4.45. The van der Waals surface area contributed by atoms with Crippen LogP contribution in [0.5, 0.6) is 17.4 Å². The maximum Gasteiger partial charge on any atom is 0.233 e. The van der Waals surface area contributed by atoms with Crippen molar-refractivity contribution in [2.24, 2.45) is 0 Å². The Morgan fingerprint density at radius 2 is 1.77 bits per heavy atom. The van der Waals surface area contributed by atoms with Gasteiger partial charge in [0.25, 0.3) is 0 Å². The van der Waals surface area contributed by atoms with Crippen molar-refractivity contribution in [1.29, 1.82) is 0 Å². The van der Waals surface area contributed by atoms with Crippen LogP contribution in [-0.4, -0.2) is 54.2 Å². The molecule has 4 rings (SSSR count). The quantitative estimate of drug-likeness (QED) is 0.625. The first-order valence-corrected chi connectivity index (χ1v) is 10.0. The van der Waals surface area contributed by atoms with Crippen LogP contribution in [0.25, 0.3) is 11.0 Å². The SMILES string of the molecule is COc1ccc(CC(=O)N2CCC(Oc3cnc4ccccc4n3)CC2)cc1OC. The molecule has 0 unspecified atom stereocenters. The molecule has 1 amide bonds. The molecule has 0 aliphatic carbocycles. The molecule has 3 aromatic rings. The Hall–Kier alpha value is -3.35. The fourth-order valence-corrected chi connectivity index (χ4v) is 3.67. The van der Waals surface area contributed by atoms with Gasteiger partial charge in [-0.15, -0.1) is 0 Å². The Balaban J connectivity index is 1.32. The molecule has 1 aromatic heterocycles. The monoisotopic (exact) mass is 407 g/mol. The van der Waals surface area contributed by atoms with Crippen molar-refractivity contribution in [3.63, 3.8) is 0 Å². The summed E-state index contributed by atoms with van der Waals surface area (Å²) in [6.45, 7) is 1.33. The topological polar surface area (TPSA) is 73.8 Å². The highest BCUT2D eigenvalue weighted by Gasteiger charge is 2.24. The number of benzene rings is 2. The molecule has 2 heterocycles. The first-order valence-electron chi connectivity index (χ1n) is 10.0. The predicted octanol–water partition coefficient (Wildman–Crippen LogP) is 3.26. The van der Waals surface area contributed by atoms with Gasteiger partial charge < -0.3 is 19.1 Å². The maximum atomic E-state index is 12.7. The zero-order valence-electron chi connectivity index (χ0n) is 17.2. The summed E-state index contributed by atoms with van der Waals surface area (Å²) in [7, 11) is 3.19. The number of aromatic nitrogens is 2. The molecule has 2 aromatic carbocycles. The van der Waals surface area contributed by atoms with Gasteiger partial charge in [0.05, 0.1) is 37.9 Å². The Bertz CT molecular complexity index is 1030. The summed E-state index contributed by atoms with van der Waals surface area (Å²) in [5, 5.41) is 0. The van der Waals surface area contributed by atoms with Crippen LogP contribution in [0.4, 0.5) is 0 Å². The summed E-state index contributed by atoms with van der Waals surface area (Å²) in [5.41, 5.74) is 2.57. The summed E-state index contributed by atoms with van der Waals surface area (Å²) >= 11 is 0. The maximum absolute atomic E-state index is 12.7. The fourth-order valence-electron chi connectivity index (χ4n) is 3.67. The number of methoxy groups -OCH3 is 2. The van der Waals surface area contributed by atoms with Crippen LogP contribution in [0.15, 0.2) is 48.7 Å². The van der Waals surface area contributed by atoms with E-state index in [0.717, 1.165) is 29.4 Å². The third-order valence-electron chi connectivity index (χ3n) is 5.31. The lowest BCUT2D eigenvalue weighted by molar-refractivity contribution is -0.132. The van der Waals surface area contributed by atoms with Crippen molar-refractivity contribution in [2.45, 2.75) is 25.4 Å². The number of hydrogen-bond acceptors (Lipinski definition) is 6. The van der Waals surface area contributed by atoms with Crippen LogP contribution in [0.1, 0.15) is 18.4 Å². The van der Waals surface area contributed by atoms with Gasteiger partial charge in [-0.1, -0.05) is 18.2 Å². The summed E-state index contributed by atoms with van der Waals surface area (Å²) in [5.74, 6) is 1.92. The molecule has 1 fully saturated rings. The Labute approximate surface area is 175 Å². The van der Waals surface area contributed by atoms with Gasteiger partial charge >= 0.3 is 0 Å². The Morgan fingerprint density at radius 3 is 2.50 bits per heavy atom. The molecule has 0 radical (unpaired) electrons. The first kappa shape index (κ1) is 19.9. The number of likely N-dealkylation sites (tertiary alicyclic amines) is 1. The van der Waals surface area contributed by atoms with Gasteiger partial charge in [0.2, 0.25) is 11.8 Å². The number of hydrogen-bond donors (Lipinski definition) is 0. The van der Waals surface area contributed by atoms with Gasteiger partial charge in [-0.2, -0.15) is 0 Å². The van der Waals surface area contributed by atoms with Gasteiger partial charge in [0.1, 0.15) is 6.10 Å². The number of carbonyl (C=O) groups excluding carboxylic acids is 1. The standard InChI is InChI=1S/C23H25N3O4/c1-28-20-8-7-16(13-21(20)29-2)14-23(27)26-11-9-17(10-12-26)30-22-15-24-18-5-3-4-6-19(18)25-22/h3-8,13,15,17H,9-12,14H2,1-2H3. The summed E-state index contributed by atoms with van der Waals surface area (Å²) in [6.07, 6.45) is 3.57. The van der Waals surface area contributed by atoms with Gasteiger partial charge in [-0.25, -0.2) is 9.97 Å². The van der Waals surface area contributed by atoms with Crippen molar-refractivity contribution in [2.75, 3.05) is 27.3 Å². The minimum atomic E-state index is 0.0330. The lowest BCUT2D eigenvalue weighted by Gasteiger charge is -2.32. The number of nitrogens with zero attached hydrogens (tertiary/aromatic N) is 3. The molecule has 156 valence electrons. The molecule has 1 aliphatic heterocycles. The number of carbonyl (C=O) groups is 1. The van der Waals surface area contributed by atoms with Crippen LogP contribution >= 0.6 is 0 Å². The predicted molar refractivity (Wildman–Crippen MR) is 113 cm³/mol. The highest BCUT2D eigenvalue weighted by atomic mass is 16.5. The van der Waals surface area contributed by atoms with Crippen LogP contribution in [0.3, 0.4) is 0 Å². The lowest BCUT2D eigenvalue weighted by atomic mass is 10.1. The summed E-state index contributed by atoms with van der Waals surface area (Å²) in [6, 6.07) is 13.3. The van der Waals surface area contributed by atoms with Crippen molar-refractivity contribution in [3.05, 3.63) is 54.2 Å². The third-order valence-corrected chi connectivity index (χ3v) is 5.31. The van der Waals surface area contributed by atoms with E-state index in [0.29, 0.717) is 36.9 Å². The van der Waals surface area contributed by atoms with Crippen LogP contribution in [0, 0.1) is 0 Å². The number of amides is 1. The van der Waals surface area contributed by atoms with E-state index in [1.807, 2.05) is 47.4 Å². The van der Waals surface area contributed by atoms with Crippen molar-refractivity contribution in [3.8, 4) is 17.4 Å².